The van der Waals surface area contributed by atoms with Gasteiger partial charge in [0.05, 0.1) is 19.9 Å². The predicted molar refractivity (Wildman–Crippen MR) is 126 cm³/mol. The molecule has 0 atom stereocenters. The molecule has 0 spiro atoms. The largest absolute Gasteiger partial charge is 0.497 e. The molecule has 7 heteroatoms. The number of methoxy groups -OCH3 is 2. The molecule has 32 heavy (non-hydrogen) atoms. The highest BCUT2D eigenvalue weighted by Gasteiger charge is 2.30. The number of benzene rings is 1. The molecule has 1 saturated carbocycles. The van der Waals surface area contributed by atoms with E-state index in [0.29, 0.717) is 0 Å². The van der Waals surface area contributed by atoms with E-state index in [1.807, 2.05) is 12.1 Å². The van der Waals surface area contributed by atoms with Crippen molar-refractivity contribution >= 4 is 5.82 Å². The topological polar surface area (TPSA) is 54.0 Å². The minimum Gasteiger partial charge on any atom is -0.497 e. The van der Waals surface area contributed by atoms with Gasteiger partial charge >= 0.3 is 0 Å². The summed E-state index contributed by atoms with van der Waals surface area (Å²) in [6, 6.07) is 6.87. The van der Waals surface area contributed by atoms with Gasteiger partial charge in [-0.1, -0.05) is 6.42 Å². The van der Waals surface area contributed by atoms with Crippen LogP contribution in [0.4, 0.5) is 5.82 Å². The van der Waals surface area contributed by atoms with E-state index in [-0.39, 0.29) is 0 Å². The fourth-order valence-electron chi connectivity index (χ4n) is 5.28. The number of hydrogen-bond acceptors (Lipinski definition) is 7. The summed E-state index contributed by atoms with van der Waals surface area (Å²) in [6.07, 6.45) is 7.89. The number of nitrogens with zero attached hydrogens (tertiary/aromatic N) is 5. The van der Waals surface area contributed by atoms with Gasteiger partial charge in [-0.25, -0.2) is 9.97 Å². The molecule has 1 aromatic carbocycles. The van der Waals surface area contributed by atoms with E-state index in [1.165, 1.54) is 36.3 Å². The average molecular weight is 438 g/mol. The van der Waals surface area contributed by atoms with Crippen molar-refractivity contribution in [1.82, 2.24) is 19.8 Å². The van der Waals surface area contributed by atoms with E-state index in [4.69, 9.17) is 14.5 Å². The molecule has 172 valence electrons. The fourth-order valence-corrected chi connectivity index (χ4v) is 5.28. The molecule has 0 radical (unpaired) electrons. The summed E-state index contributed by atoms with van der Waals surface area (Å²) in [5, 5.41) is 0. The third-order valence-corrected chi connectivity index (χ3v) is 7.44. The van der Waals surface area contributed by atoms with E-state index >= 15 is 0 Å². The van der Waals surface area contributed by atoms with Crippen molar-refractivity contribution in [3.8, 4) is 11.5 Å². The number of anilines is 1. The standard InChI is InChI=1S/C25H35N5O2/c1-31-21-6-7-24(32-2)19(16-21)17-28-10-8-22-23(9-11-28)26-18-27-25(22)30-14-12-29(13-15-30)20-4-3-5-20/h6-7,16,18,20H,3-5,8-15,17H2,1-2H3. The molecule has 0 unspecified atom stereocenters. The van der Waals surface area contributed by atoms with Crippen LogP contribution in [0.25, 0.3) is 0 Å². The van der Waals surface area contributed by atoms with Gasteiger partial charge in [0, 0.05) is 69.4 Å². The molecular weight excluding hydrogens is 402 g/mol. The van der Waals surface area contributed by atoms with Crippen molar-refractivity contribution in [2.24, 2.45) is 0 Å². The van der Waals surface area contributed by atoms with E-state index in [2.05, 4.69) is 25.8 Å². The predicted octanol–water partition coefficient (Wildman–Crippen LogP) is 2.77. The Bertz CT molecular complexity index is 925. The first-order valence-corrected chi connectivity index (χ1v) is 12.0. The highest BCUT2D eigenvalue weighted by atomic mass is 16.5. The van der Waals surface area contributed by atoms with Gasteiger partial charge in [0.25, 0.3) is 0 Å². The lowest BCUT2D eigenvalue weighted by Gasteiger charge is -2.43. The van der Waals surface area contributed by atoms with E-state index in [0.717, 1.165) is 81.8 Å². The average Bonchev–Trinajstić information content (AvgIpc) is 3.01. The van der Waals surface area contributed by atoms with Gasteiger partial charge in [0.2, 0.25) is 0 Å². The van der Waals surface area contributed by atoms with Gasteiger partial charge in [-0.15, -0.1) is 0 Å². The minimum absolute atomic E-state index is 0.835. The van der Waals surface area contributed by atoms with Crippen molar-refractivity contribution in [2.75, 3.05) is 58.4 Å². The van der Waals surface area contributed by atoms with Gasteiger partial charge < -0.3 is 14.4 Å². The zero-order chi connectivity index (χ0) is 21.9. The minimum atomic E-state index is 0.835. The van der Waals surface area contributed by atoms with Crippen LogP contribution in [-0.4, -0.2) is 79.3 Å². The maximum atomic E-state index is 5.60. The van der Waals surface area contributed by atoms with Crippen LogP contribution in [0.5, 0.6) is 11.5 Å². The third-order valence-electron chi connectivity index (χ3n) is 7.44. The Morgan fingerprint density at radius 1 is 0.938 bits per heavy atom. The first-order valence-electron chi connectivity index (χ1n) is 12.0. The number of ether oxygens (including phenoxy) is 2. The van der Waals surface area contributed by atoms with Crippen LogP contribution in [0.2, 0.25) is 0 Å². The van der Waals surface area contributed by atoms with Crippen LogP contribution in [0.1, 0.15) is 36.1 Å². The highest BCUT2D eigenvalue weighted by molar-refractivity contribution is 5.50. The van der Waals surface area contributed by atoms with Gasteiger partial charge in [0.1, 0.15) is 23.6 Å². The number of fused-ring (bicyclic) bond motifs is 1. The Morgan fingerprint density at radius 2 is 1.75 bits per heavy atom. The van der Waals surface area contributed by atoms with Crippen molar-refractivity contribution in [3.05, 3.63) is 41.3 Å². The summed E-state index contributed by atoms with van der Waals surface area (Å²) in [6.45, 7) is 7.29. The smallest absolute Gasteiger partial charge is 0.135 e. The Kier molecular flexibility index (Phi) is 6.46. The van der Waals surface area contributed by atoms with Crippen LogP contribution in [-0.2, 0) is 19.4 Å². The fraction of sp³-hybridized carbons (Fsp3) is 0.600. The monoisotopic (exact) mass is 437 g/mol. The Labute approximate surface area is 191 Å². The summed E-state index contributed by atoms with van der Waals surface area (Å²) in [5.74, 6) is 2.95. The molecule has 5 rings (SSSR count). The maximum absolute atomic E-state index is 5.60. The van der Waals surface area contributed by atoms with Crippen molar-refractivity contribution in [1.29, 1.82) is 0 Å². The molecule has 3 aliphatic rings. The molecule has 7 nitrogen and oxygen atoms in total. The summed E-state index contributed by atoms with van der Waals surface area (Å²) >= 11 is 0. The van der Waals surface area contributed by atoms with Gasteiger partial charge in [-0.2, -0.15) is 0 Å². The first kappa shape index (κ1) is 21.5. The second kappa shape index (κ2) is 9.63. The summed E-state index contributed by atoms with van der Waals surface area (Å²) in [4.78, 5) is 17.1. The zero-order valence-corrected chi connectivity index (χ0v) is 19.4. The number of rotatable bonds is 6. The Hall–Kier alpha value is -2.38. The molecule has 0 amide bonds. The summed E-state index contributed by atoms with van der Waals surface area (Å²) < 4.78 is 11.0. The van der Waals surface area contributed by atoms with Crippen LogP contribution >= 0.6 is 0 Å². The van der Waals surface area contributed by atoms with E-state index < -0.39 is 0 Å². The number of hydrogen-bond donors (Lipinski definition) is 0. The van der Waals surface area contributed by atoms with Crippen molar-refractivity contribution in [3.63, 3.8) is 0 Å². The molecule has 3 heterocycles. The molecule has 1 saturated heterocycles. The molecule has 1 aliphatic carbocycles. The SMILES string of the molecule is COc1ccc(OC)c(CN2CCc3ncnc(N4CCN(C5CCC5)CC4)c3CC2)c1. The highest BCUT2D eigenvalue weighted by Crippen LogP contribution is 2.30. The first-order chi connectivity index (χ1) is 15.7. The molecule has 0 bridgehead atoms. The second-order valence-electron chi connectivity index (χ2n) is 9.18. The molecule has 2 fully saturated rings. The lowest BCUT2D eigenvalue weighted by atomic mass is 9.91. The Balaban J connectivity index is 1.27. The van der Waals surface area contributed by atoms with Crippen molar-refractivity contribution in [2.45, 2.75) is 44.7 Å². The molecule has 1 aromatic heterocycles. The summed E-state index contributed by atoms with van der Waals surface area (Å²) in [7, 11) is 3.44. The van der Waals surface area contributed by atoms with Crippen LogP contribution in [0, 0.1) is 0 Å². The number of aromatic nitrogens is 2. The van der Waals surface area contributed by atoms with Gasteiger partial charge in [-0.3, -0.25) is 9.80 Å². The lowest BCUT2D eigenvalue weighted by molar-refractivity contribution is 0.120. The van der Waals surface area contributed by atoms with Crippen LogP contribution in [0.15, 0.2) is 24.5 Å². The van der Waals surface area contributed by atoms with Gasteiger partial charge in [-0.05, 0) is 37.5 Å². The van der Waals surface area contributed by atoms with Crippen LogP contribution in [0.3, 0.4) is 0 Å². The lowest BCUT2D eigenvalue weighted by Crippen LogP contribution is -2.52. The van der Waals surface area contributed by atoms with E-state index in [1.54, 1.807) is 20.5 Å². The summed E-state index contributed by atoms with van der Waals surface area (Å²) in [5.41, 5.74) is 3.73. The Morgan fingerprint density at radius 3 is 2.47 bits per heavy atom. The van der Waals surface area contributed by atoms with Crippen molar-refractivity contribution < 1.29 is 9.47 Å². The quantitative estimate of drug-likeness (QED) is 0.689. The second-order valence-corrected chi connectivity index (χ2v) is 9.18. The van der Waals surface area contributed by atoms with Crippen LogP contribution < -0.4 is 14.4 Å². The number of piperazine rings is 1. The molecule has 2 aromatic rings. The molecule has 0 N–H and O–H groups in total. The third kappa shape index (κ3) is 4.41. The van der Waals surface area contributed by atoms with E-state index in [9.17, 15) is 0 Å². The molecule has 2 aliphatic heterocycles. The van der Waals surface area contributed by atoms with Gasteiger partial charge in [0.15, 0.2) is 0 Å². The zero-order valence-electron chi connectivity index (χ0n) is 19.4. The normalized spacial score (nSPS) is 20.4. The maximum Gasteiger partial charge on any atom is 0.135 e. The molecular formula is C25H35N5O2.